The van der Waals surface area contributed by atoms with Gasteiger partial charge in [0.15, 0.2) is 0 Å². The first-order valence-electron chi connectivity index (χ1n) is 9.70. The summed E-state index contributed by atoms with van der Waals surface area (Å²) in [4.78, 5) is 18.9. The van der Waals surface area contributed by atoms with Crippen molar-refractivity contribution in [1.82, 2.24) is 19.7 Å². The number of halogens is 1. The van der Waals surface area contributed by atoms with Gasteiger partial charge in [0.2, 0.25) is 0 Å². The molecule has 2 aromatic carbocycles. The van der Waals surface area contributed by atoms with Crippen molar-refractivity contribution in [2.45, 2.75) is 18.9 Å². The number of hydrogen-bond donors (Lipinski definition) is 1. The Morgan fingerprint density at radius 2 is 1.90 bits per heavy atom. The summed E-state index contributed by atoms with van der Waals surface area (Å²) in [5.74, 6) is -0.0397. The van der Waals surface area contributed by atoms with Gasteiger partial charge in [-0.25, -0.2) is 0 Å². The van der Waals surface area contributed by atoms with Crippen molar-refractivity contribution in [3.05, 3.63) is 88.3 Å². The van der Waals surface area contributed by atoms with E-state index >= 15 is 0 Å². The quantitative estimate of drug-likeness (QED) is 0.516. The van der Waals surface area contributed by atoms with Crippen LogP contribution in [0.2, 0.25) is 5.02 Å². The van der Waals surface area contributed by atoms with Crippen molar-refractivity contribution in [3.63, 3.8) is 0 Å². The fourth-order valence-corrected chi connectivity index (χ4v) is 4.76. The molecule has 3 heterocycles. The highest BCUT2D eigenvalue weighted by Gasteiger charge is 2.38. The van der Waals surface area contributed by atoms with E-state index in [-0.39, 0.29) is 17.9 Å². The lowest BCUT2D eigenvalue weighted by Gasteiger charge is -2.38. The molecule has 2 aromatic heterocycles. The Morgan fingerprint density at radius 3 is 2.66 bits per heavy atom. The monoisotopic (exact) mass is 404 g/mol. The Bertz CT molecular complexity index is 1220. The summed E-state index contributed by atoms with van der Waals surface area (Å²) in [6, 6.07) is 17.9. The second-order valence-electron chi connectivity index (χ2n) is 7.55. The molecule has 1 N–H and O–H groups in total. The van der Waals surface area contributed by atoms with Crippen LogP contribution >= 0.6 is 11.6 Å². The van der Waals surface area contributed by atoms with Crippen molar-refractivity contribution >= 4 is 28.4 Å². The van der Waals surface area contributed by atoms with Gasteiger partial charge in [-0.15, -0.1) is 0 Å². The van der Waals surface area contributed by atoms with Crippen LogP contribution in [0, 0.1) is 0 Å². The third-order valence-corrected chi connectivity index (χ3v) is 6.32. The largest absolute Gasteiger partial charge is 0.356 e. The average Bonchev–Trinajstić information content (AvgIpc) is 3.33. The van der Waals surface area contributed by atoms with Gasteiger partial charge in [0.25, 0.3) is 5.91 Å². The van der Waals surface area contributed by atoms with Crippen LogP contribution in [0.3, 0.4) is 0 Å². The average molecular weight is 405 g/mol. The fraction of sp³-hybridized carbons (Fsp3) is 0.217. The van der Waals surface area contributed by atoms with Gasteiger partial charge in [-0.2, -0.15) is 5.10 Å². The number of aryl methyl sites for hydroxylation is 1. The molecule has 0 radical (unpaired) electrons. The summed E-state index contributed by atoms with van der Waals surface area (Å²) in [6.45, 7) is 2.63. The molecule has 0 aliphatic carbocycles. The molecule has 5 rings (SSSR count). The maximum Gasteiger partial charge on any atom is 0.272 e. The zero-order chi connectivity index (χ0) is 20.1. The number of aromatic nitrogens is 3. The van der Waals surface area contributed by atoms with Gasteiger partial charge in [0, 0.05) is 47.3 Å². The summed E-state index contributed by atoms with van der Waals surface area (Å²) in [7, 11) is 1.79. The Balaban J connectivity index is 1.70. The number of carbonyl (C=O) groups excluding carboxylic acids is 1. The van der Waals surface area contributed by atoms with Crippen LogP contribution in [-0.4, -0.2) is 32.1 Å². The molecule has 29 heavy (non-hydrogen) atoms. The zero-order valence-corrected chi connectivity index (χ0v) is 17.0. The summed E-state index contributed by atoms with van der Waals surface area (Å²) >= 11 is 6.60. The molecule has 0 spiro atoms. The molecule has 0 fully saturated rings. The van der Waals surface area contributed by atoms with Crippen LogP contribution in [-0.2, 0) is 7.05 Å². The third-order valence-electron chi connectivity index (χ3n) is 5.97. The van der Waals surface area contributed by atoms with Crippen molar-refractivity contribution in [2.24, 2.45) is 7.05 Å². The second-order valence-corrected chi connectivity index (χ2v) is 7.95. The minimum atomic E-state index is -0.0847. The highest BCUT2D eigenvalue weighted by Crippen LogP contribution is 2.44. The molecule has 1 aliphatic heterocycles. The van der Waals surface area contributed by atoms with Gasteiger partial charge in [0.05, 0.1) is 6.04 Å². The van der Waals surface area contributed by atoms with Crippen LogP contribution in [0.1, 0.15) is 46.2 Å². The van der Waals surface area contributed by atoms with Gasteiger partial charge < -0.3 is 9.88 Å². The normalized spacial score (nSPS) is 18.8. The molecule has 1 amide bonds. The maximum atomic E-state index is 13.4. The molecular formula is C23H21ClN4O. The zero-order valence-electron chi connectivity index (χ0n) is 16.3. The summed E-state index contributed by atoms with van der Waals surface area (Å²) in [5, 5.41) is 6.07. The molecule has 6 heteroatoms. The summed E-state index contributed by atoms with van der Waals surface area (Å²) < 4.78 is 1.63. The van der Waals surface area contributed by atoms with Crippen molar-refractivity contribution < 1.29 is 4.79 Å². The number of benzene rings is 2. The summed E-state index contributed by atoms with van der Waals surface area (Å²) in [5.41, 5.74) is 4.99. The Hall–Kier alpha value is -3.05. The molecular weight excluding hydrogens is 384 g/mol. The fourth-order valence-electron chi connectivity index (χ4n) is 4.49. The number of carbonyl (C=O) groups is 1. The van der Waals surface area contributed by atoms with E-state index in [2.05, 4.69) is 41.3 Å². The Morgan fingerprint density at radius 1 is 1.14 bits per heavy atom. The lowest BCUT2D eigenvalue weighted by molar-refractivity contribution is 0.0650. The number of aromatic amines is 1. The topological polar surface area (TPSA) is 53.9 Å². The van der Waals surface area contributed by atoms with E-state index in [4.69, 9.17) is 11.6 Å². The highest BCUT2D eigenvalue weighted by molar-refractivity contribution is 6.31. The van der Waals surface area contributed by atoms with Crippen LogP contribution in [0.4, 0.5) is 0 Å². The van der Waals surface area contributed by atoms with Gasteiger partial charge >= 0.3 is 0 Å². The molecule has 2 atom stereocenters. The number of rotatable bonds is 2. The van der Waals surface area contributed by atoms with E-state index in [1.165, 1.54) is 10.9 Å². The van der Waals surface area contributed by atoms with E-state index in [1.54, 1.807) is 24.0 Å². The highest BCUT2D eigenvalue weighted by atomic mass is 35.5. The number of fused-ring (bicyclic) bond motifs is 3. The lowest BCUT2D eigenvalue weighted by Crippen LogP contribution is -2.41. The molecule has 0 saturated heterocycles. The van der Waals surface area contributed by atoms with Crippen LogP contribution < -0.4 is 0 Å². The minimum absolute atomic E-state index is 0.0109. The standard InChI is InChI=1S/C23H21ClN4O/c1-14-22-21(16-8-4-6-10-19(16)26-22)17(15-7-3-5-9-18(15)24)13-28(14)23(29)20-11-12-25-27(20)2/h3-12,14,17,26H,13H2,1-2H3. The van der Waals surface area contributed by atoms with Crippen molar-refractivity contribution in [2.75, 3.05) is 6.54 Å². The predicted molar refractivity (Wildman–Crippen MR) is 114 cm³/mol. The number of nitrogens with one attached hydrogen (secondary N) is 1. The first kappa shape index (κ1) is 18.0. The van der Waals surface area contributed by atoms with E-state index in [0.717, 1.165) is 21.8 Å². The first-order chi connectivity index (χ1) is 14.1. The molecule has 0 bridgehead atoms. The number of para-hydroxylation sites is 1. The molecule has 2 unspecified atom stereocenters. The van der Waals surface area contributed by atoms with E-state index in [0.29, 0.717) is 12.2 Å². The van der Waals surface area contributed by atoms with Crippen LogP contribution in [0.25, 0.3) is 10.9 Å². The van der Waals surface area contributed by atoms with E-state index < -0.39 is 0 Å². The number of hydrogen-bond acceptors (Lipinski definition) is 2. The lowest BCUT2D eigenvalue weighted by atomic mass is 9.83. The van der Waals surface area contributed by atoms with Gasteiger partial charge in [-0.1, -0.05) is 48.0 Å². The molecule has 0 saturated carbocycles. The van der Waals surface area contributed by atoms with Crippen molar-refractivity contribution in [3.8, 4) is 0 Å². The van der Waals surface area contributed by atoms with Crippen molar-refractivity contribution in [1.29, 1.82) is 0 Å². The Kier molecular flexibility index (Phi) is 4.21. The number of amides is 1. The molecule has 4 aromatic rings. The van der Waals surface area contributed by atoms with Gasteiger partial charge in [0.1, 0.15) is 5.69 Å². The molecule has 146 valence electrons. The minimum Gasteiger partial charge on any atom is -0.356 e. The van der Waals surface area contributed by atoms with E-state index in [9.17, 15) is 4.79 Å². The van der Waals surface area contributed by atoms with Crippen LogP contribution in [0.5, 0.6) is 0 Å². The molecule has 1 aliphatic rings. The number of nitrogens with zero attached hydrogens (tertiary/aromatic N) is 3. The summed E-state index contributed by atoms with van der Waals surface area (Å²) in [6.07, 6.45) is 1.65. The first-order valence-corrected chi connectivity index (χ1v) is 10.1. The number of H-pyrrole nitrogens is 1. The SMILES string of the molecule is CC1c2[nH]c3ccccc3c2C(c2ccccc2Cl)CN1C(=O)c1ccnn1C. The second kappa shape index (κ2) is 6.78. The third kappa shape index (κ3) is 2.76. The predicted octanol–water partition coefficient (Wildman–Crippen LogP) is 4.90. The van der Waals surface area contributed by atoms with Gasteiger partial charge in [-0.3, -0.25) is 9.48 Å². The van der Waals surface area contributed by atoms with Gasteiger partial charge in [-0.05, 0) is 36.2 Å². The Labute approximate surface area is 173 Å². The smallest absolute Gasteiger partial charge is 0.272 e. The van der Waals surface area contributed by atoms with Crippen LogP contribution in [0.15, 0.2) is 60.8 Å². The maximum absolute atomic E-state index is 13.4. The van der Waals surface area contributed by atoms with E-state index in [1.807, 2.05) is 29.2 Å². The molecule has 5 nitrogen and oxygen atoms in total.